The van der Waals surface area contributed by atoms with Crippen LogP contribution in [0.1, 0.15) is 32.7 Å². The first-order valence-electron chi connectivity index (χ1n) is 9.31. The largest absolute Gasteiger partial charge is 0.488 e. The molecule has 3 aromatic carbocycles. The van der Waals surface area contributed by atoms with Crippen molar-refractivity contribution in [1.82, 2.24) is 4.98 Å². The van der Waals surface area contributed by atoms with Crippen LogP contribution in [0.4, 0.5) is 0 Å². The van der Waals surface area contributed by atoms with Gasteiger partial charge in [0.15, 0.2) is 5.78 Å². The van der Waals surface area contributed by atoms with E-state index in [1.807, 2.05) is 84.9 Å². The highest BCUT2D eigenvalue weighted by Crippen LogP contribution is 2.29. The summed E-state index contributed by atoms with van der Waals surface area (Å²) in [6.07, 6.45) is 3.88. The zero-order chi connectivity index (χ0) is 19.8. The number of hydrogen-bond donors (Lipinski definition) is 0. The minimum Gasteiger partial charge on any atom is -0.488 e. The summed E-state index contributed by atoms with van der Waals surface area (Å²) in [6, 6.07) is 22.9. The molecule has 0 bridgehead atoms. The van der Waals surface area contributed by atoms with Gasteiger partial charge >= 0.3 is 0 Å². The summed E-state index contributed by atoms with van der Waals surface area (Å²) in [5.74, 6) is 0.601. The fourth-order valence-corrected chi connectivity index (χ4v) is 3.67. The molecule has 1 aromatic heterocycles. The SMILES string of the molecule is O=C1c2ccccc2COc2ccc(/C=C/c3ccc4ccc(Cl)cc4n3)cc21. The summed E-state index contributed by atoms with van der Waals surface area (Å²) in [6.45, 7) is 0.396. The van der Waals surface area contributed by atoms with E-state index in [4.69, 9.17) is 16.3 Å². The summed E-state index contributed by atoms with van der Waals surface area (Å²) in [4.78, 5) is 17.6. The molecule has 0 spiro atoms. The lowest BCUT2D eigenvalue weighted by Gasteiger charge is -2.07. The average molecular weight is 398 g/mol. The van der Waals surface area contributed by atoms with Gasteiger partial charge in [0.2, 0.25) is 0 Å². The lowest BCUT2D eigenvalue weighted by Crippen LogP contribution is -2.02. The molecule has 0 amide bonds. The lowest BCUT2D eigenvalue weighted by molar-refractivity contribution is 0.103. The van der Waals surface area contributed by atoms with E-state index in [9.17, 15) is 4.79 Å². The van der Waals surface area contributed by atoms with Gasteiger partial charge in [0, 0.05) is 21.5 Å². The van der Waals surface area contributed by atoms with Gasteiger partial charge in [0.05, 0.1) is 16.8 Å². The van der Waals surface area contributed by atoms with Gasteiger partial charge < -0.3 is 4.74 Å². The van der Waals surface area contributed by atoms with Crippen LogP contribution in [0.2, 0.25) is 5.02 Å². The van der Waals surface area contributed by atoms with Crippen molar-refractivity contribution in [2.24, 2.45) is 0 Å². The molecule has 2 heterocycles. The number of carbonyl (C=O) groups excluding carboxylic acids is 1. The van der Waals surface area contributed by atoms with Gasteiger partial charge in [-0.2, -0.15) is 0 Å². The molecule has 0 atom stereocenters. The third-order valence-electron chi connectivity index (χ3n) is 5.02. The smallest absolute Gasteiger partial charge is 0.197 e. The summed E-state index contributed by atoms with van der Waals surface area (Å²) in [5, 5.41) is 1.70. The van der Waals surface area contributed by atoms with Crippen LogP contribution < -0.4 is 4.74 Å². The van der Waals surface area contributed by atoms with E-state index in [2.05, 4.69) is 4.98 Å². The van der Waals surface area contributed by atoms with Gasteiger partial charge in [-0.3, -0.25) is 4.79 Å². The van der Waals surface area contributed by atoms with Crippen LogP contribution in [-0.4, -0.2) is 10.8 Å². The highest BCUT2D eigenvalue weighted by atomic mass is 35.5. The molecule has 0 unspecified atom stereocenters. The van der Waals surface area contributed by atoms with E-state index in [-0.39, 0.29) is 5.78 Å². The topological polar surface area (TPSA) is 39.2 Å². The second-order valence-corrected chi connectivity index (χ2v) is 7.37. The molecular formula is C25H16ClNO2. The van der Waals surface area contributed by atoms with Gasteiger partial charge in [-0.25, -0.2) is 4.98 Å². The standard InChI is InChI=1S/C25H16ClNO2/c26-19-9-7-17-8-11-20(27-23(17)14-19)10-5-16-6-12-24-22(13-16)25(28)21-4-2-1-3-18(21)15-29-24/h1-14H,15H2/b10-5+. The van der Waals surface area contributed by atoms with Crippen molar-refractivity contribution in [2.75, 3.05) is 0 Å². The van der Waals surface area contributed by atoms with Crippen LogP contribution in [0.3, 0.4) is 0 Å². The van der Waals surface area contributed by atoms with Crippen molar-refractivity contribution in [1.29, 1.82) is 0 Å². The first-order chi connectivity index (χ1) is 14.2. The van der Waals surface area contributed by atoms with Crippen LogP contribution in [0.15, 0.2) is 72.8 Å². The van der Waals surface area contributed by atoms with Crippen LogP contribution in [0.25, 0.3) is 23.1 Å². The number of rotatable bonds is 2. The maximum absolute atomic E-state index is 13.0. The van der Waals surface area contributed by atoms with Crippen molar-refractivity contribution in [2.45, 2.75) is 6.61 Å². The number of pyridine rings is 1. The predicted molar refractivity (Wildman–Crippen MR) is 116 cm³/mol. The summed E-state index contributed by atoms with van der Waals surface area (Å²) in [5.41, 5.74) is 4.76. The van der Waals surface area contributed by atoms with Crippen molar-refractivity contribution in [3.05, 3.63) is 106 Å². The average Bonchev–Trinajstić information content (AvgIpc) is 2.89. The minimum atomic E-state index is -0.0122. The van der Waals surface area contributed by atoms with Crippen molar-refractivity contribution in [3.63, 3.8) is 0 Å². The molecule has 140 valence electrons. The molecule has 0 saturated carbocycles. The lowest BCUT2D eigenvalue weighted by atomic mass is 9.98. The number of hydrogen-bond acceptors (Lipinski definition) is 3. The number of nitrogens with zero attached hydrogens (tertiary/aromatic N) is 1. The minimum absolute atomic E-state index is 0.0122. The Hall–Kier alpha value is -3.43. The zero-order valence-electron chi connectivity index (χ0n) is 15.4. The molecule has 3 nitrogen and oxygen atoms in total. The molecule has 0 radical (unpaired) electrons. The quantitative estimate of drug-likeness (QED) is 0.405. The van der Waals surface area contributed by atoms with E-state index in [0.717, 1.165) is 27.7 Å². The van der Waals surface area contributed by atoms with E-state index in [1.165, 1.54) is 0 Å². The van der Waals surface area contributed by atoms with E-state index >= 15 is 0 Å². The second kappa shape index (κ2) is 7.19. The number of halogens is 1. The molecule has 0 aliphatic carbocycles. The summed E-state index contributed by atoms with van der Waals surface area (Å²) < 4.78 is 5.85. The number of benzene rings is 3. The third-order valence-corrected chi connectivity index (χ3v) is 5.25. The molecule has 4 aromatic rings. The molecule has 1 aliphatic heterocycles. The van der Waals surface area contributed by atoms with Crippen LogP contribution in [-0.2, 0) is 6.61 Å². The molecule has 0 fully saturated rings. The Morgan fingerprint density at radius 3 is 2.69 bits per heavy atom. The van der Waals surface area contributed by atoms with E-state index < -0.39 is 0 Å². The molecule has 1 aliphatic rings. The molecule has 5 rings (SSSR count). The molecule has 0 N–H and O–H groups in total. The predicted octanol–water partition coefficient (Wildman–Crippen LogP) is 6.18. The van der Waals surface area contributed by atoms with Crippen LogP contribution in [0.5, 0.6) is 5.75 Å². The Labute approximate surface area is 173 Å². The van der Waals surface area contributed by atoms with Gasteiger partial charge in [-0.15, -0.1) is 0 Å². The van der Waals surface area contributed by atoms with Gasteiger partial charge in [0.1, 0.15) is 12.4 Å². The number of fused-ring (bicyclic) bond motifs is 3. The number of ketones is 1. The number of ether oxygens (including phenoxy) is 1. The molecule has 29 heavy (non-hydrogen) atoms. The van der Waals surface area contributed by atoms with Crippen molar-refractivity contribution < 1.29 is 9.53 Å². The van der Waals surface area contributed by atoms with Crippen molar-refractivity contribution in [3.8, 4) is 5.75 Å². The Kier molecular flexibility index (Phi) is 4.38. The van der Waals surface area contributed by atoms with E-state index in [0.29, 0.717) is 28.5 Å². The number of aromatic nitrogens is 1. The Bertz CT molecular complexity index is 1290. The number of carbonyl (C=O) groups is 1. The van der Waals surface area contributed by atoms with Gasteiger partial charge in [-0.05, 0) is 42.0 Å². The molecule has 0 saturated heterocycles. The monoisotopic (exact) mass is 397 g/mol. The van der Waals surface area contributed by atoms with Crippen LogP contribution in [0, 0.1) is 0 Å². The Morgan fingerprint density at radius 1 is 0.897 bits per heavy atom. The molecular weight excluding hydrogens is 382 g/mol. The van der Waals surface area contributed by atoms with Gasteiger partial charge in [0.25, 0.3) is 0 Å². The highest BCUT2D eigenvalue weighted by molar-refractivity contribution is 6.31. The zero-order valence-corrected chi connectivity index (χ0v) is 16.2. The third kappa shape index (κ3) is 3.41. The molecule has 4 heteroatoms. The maximum Gasteiger partial charge on any atom is 0.197 e. The van der Waals surface area contributed by atoms with E-state index in [1.54, 1.807) is 0 Å². The van der Waals surface area contributed by atoms with Crippen molar-refractivity contribution >= 4 is 40.4 Å². The normalized spacial score (nSPS) is 13.1. The fourth-order valence-electron chi connectivity index (χ4n) is 3.50. The first kappa shape index (κ1) is 17.7. The summed E-state index contributed by atoms with van der Waals surface area (Å²) in [7, 11) is 0. The van der Waals surface area contributed by atoms with Crippen LogP contribution >= 0.6 is 11.6 Å². The highest BCUT2D eigenvalue weighted by Gasteiger charge is 2.21. The Morgan fingerprint density at radius 2 is 1.76 bits per heavy atom. The summed E-state index contributed by atoms with van der Waals surface area (Å²) >= 11 is 6.07. The van der Waals surface area contributed by atoms with Gasteiger partial charge in [-0.1, -0.05) is 60.1 Å². The fraction of sp³-hybridized carbons (Fsp3) is 0.0400. The maximum atomic E-state index is 13.0. The first-order valence-corrected chi connectivity index (χ1v) is 9.69. The second-order valence-electron chi connectivity index (χ2n) is 6.94. The Balaban J connectivity index is 1.49.